The van der Waals surface area contributed by atoms with Gasteiger partial charge >= 0.3 is 0 Å². The van der Waals surface area contributed by atoms with E-state index in [0.717, 1.165) is 39.9 Å². The van der Waals surface area contributed by atoms with E-state index in [1.807, 2.05) is 30.0 Å². The minimum Gasteiger partial charge on any atom is -0.453 e. The number of fused-ring (bicyclic) bond motifs is 1. The second-order valence-corrected chi connectivity index (χ2v) is 11.2. The number of ether oxygens (including phenoxy) is 1. The summed E-state index contributed by atoms with van der Waals surface area (Å²) in [5.74, 6) is 2.09. The summed E-state index contributed by atoms with van der Waals surface area (Å²) < 4.78 is 26.0. The molecule has 0 unspecified atom stereocenters. The quantitative estimate of drug-likeness (QED) is 0.193. The molecule has 6 rings (SSSR count). The Balaban J connectivity index is 0.00000202. The van der Waals surface area contributed by atoms with Gasteiger partial charge in [-0.05, 0) is 50.1 Å². The van der Waals surface area contributed by atoms with Gasteiger partial charge in [-0.2, -0.15) is 9.47 Å². The topological polar surface area (TPSA) is 110 Å². The third-order valence-corrected chi connectivity index (χ3v) is 8.12. The molecule has 0 bridgehead atoms. The third-order valence-electron chi connectivity index (χ3n) is 6.52. The Morgan fingerprint density at radius 2 is 1.88 bits per heavy atom. The number of benzene rings is 1. The summed E-state index contributed by atoms with van der Waals surface area (Å²) in [4.78, 5) is 28.2. The summed E-state index contributed by atoms with van der Waals surface area (Å²) in [6.45, 7) is 4.95. The predicted molar refractivity (Wildman–Crippen MR) is 164 cm³/mol. The van der Waals surface area contributed by atoms with Crippen molar-refractivity contribution >= 4 is 70.6 Å². The number of aromatic nitrogens is 6. The van der Waals surface area contributed by atoms with Gasteiger partial charge in [-0.3, -0.25) is 4.79 Å². The average molecular weight is 650 g/mol. The number of halogens is 3. The molecule has 220 valence electrons. The molecular weight excluding hydrogens is 622 g/mol. The van der Waals surface area contributed by atoms with E-state index < -0.39 is 0 Å². The Kier molecular flexibility index (Phi) is 10.2. The fourth-order valence-corrected chi connectivity index (χ4v) is 6.10. The van der Waals surface area contributed by atoms with Crippen LogP contribution in [0.15, 0.2) is 64.8 Å². The number of pyridine rings is 1. The second-order valence-electron chi connectivity index (χ2n) is 9.38. The number of nitrogens with one attached hydrogen (secondary N) is 1. The van der Waals surface area contributed by atoms with Gasteiger partial charge in [0.25, 0.3) is 0 Å². The number of likely N-dealkylation sites (tertiary alicyclic amines) is 1. The van der Waals surface area contributed by atoms with Crippen molar-refractivity contribution in [1.82, 2.24) is 33.8 Å². The predicted octanol–water partition coefficient (Wildman–Crippen LogP) is 6.68. The van der Waals surface area contributed by atoms with E-state index in [0.29, 0.717) is 35.5 Å². The Morgan fingerprint density at radius 3 is 2.62 bits per heavy atom. The van der Waals surface area contributed by atoms with E-state index in [9.17, 15) is 9.18 Å². The van der Waals surface area contributed by atoms with E-state index >= 15 is 0 Å². The summed E-state index contributed by atoms with van der Waals surface area (Å²) in [7, 11) is 0. The molecule has 4 aromatic heterocycles. The smallest absolute Gasteiger partial charge is 0.219 e. The third kappa shape index (κ3) is 7.09. The van der Waals surface area contributed by atoms with Gasteiger partial charge in [0.05, 0.1) is 6.20 Å². The van der Waals surface area contributed by atoms with Gasteiger partial charge in [0.15, 0.2) is 17.2 Å². The van der Waals surface area contributed by atoms with Gasteiger partial charge in [-0.15, -0.1) is 24.8 Å². The molecule has 10 nitrogen and oxygen atoms in total. The van der Waals surface area contributed by atoms with Crippen LogP contribution in [0.5, 0.6) is 11.5 Å². The zero-order valence-electron chi connectivity index (χ0n) is 22.6. The number of anilines is 2. The molecular formula is C27H27Cl2FN8O2S2. The summed E-state index contributed by atoms with van der Waals surface area (Å²) >= 11 is 2.73. The maximum Gasteiger partial charge on any atom is 0.219 e. The molecule has 1 aliphatic heterocycles. The van der Waals surface area contributed by atoms with E-state index in [-0.39, 0.29) is 42.5 Å². The van der Waals surface area contributed by atoms with Crippen molar-refractivity contribution in [3.63, 3.8) is 0 Å². The number of carbonyl (C=O) groups is 1. The minimum atomic E-state index is -0.347. The highest BCUT2D eigenvalue weighted by atomic mass is 35.5. The number of hydrogen-bond acceptors (Lipinski definition) is 10. The normalized spacial score (nSPS) is 13.4. The largest absolute Gasteiger partial charge is 0.453 e. The maximum absolute atomic E-state index is 13.5. The van der Waals surface area contributed by atoms with Crippen LogP contribution in [0.4, 0.5) is 15.3 Å². The van der Waals surface area contributed by atoms with Crippen LogP contribution in [0, 0.1) is 12.7 Å². The van der Waals surface area contributed by atoms with Crippen LogP contribution in [0.3, 0.4) is 0 Å². The first-order chi connectivity index (χ1) is 19.4. The average Bonchev–Trinajstić information content (AvgIpc) is 3.61. The summed E-state index contributed by atoms with van der Waals surface area (Å²) in [5, 5.41) is 9.10. The van der Waals surface area contributed by atoms with Gasteiger partial charge in [-0.1, -0.05) is 11.8 Å². The fourth-order valence-electron chi connectivity index (χ4n) is 4.49. The highest BCUT2D eigenvalue weighted by Crippen LogP contribution is 2.37. The number of hydrogen-bond donors (Lipinski definition) is 1. The highest BCUT2D eigenvalue weighted by molar-refractivity contribution is 7.99. The van der Waals surface area contributed by atoms with Gasteiger partial charge in [0.2, 0.25) is 11.0 Å². The van der Waals surface area contributed by atoms with Crippen molar-refractivity contribution in [1.29, 1.82) is 0 Å². The zero-order valence-corrected chi connectivity index (χ0v) is 25.8. The number of aryl methyl sites for hydroxylation is 1. The second kappa shape index (κ2) is 13.6. The first-order valence-electron chi connectivity index (χ1n) is 12.7. The van der Waals surface area contributed by atoms with Gasteiger partial charge < -0.3 is 15.0 Å². The van der Waals surface area contributed by atoms with Crippen molar-refractivity contribution in [2.45, 2.75) is 42.5 Å². The molecule has 0 spiro atoms. The van der Waals surface area contributed by atoms with Gasteiger partial charge in [0, 0.05) is 66.4 Å². The molecule has 5 aromatic rings. The van der Waals surface area contributed by atoms with Crippen LogP contribution in [0.2, 0.25) is 0 Å². The number of nitrogens with zero attached hydrogens (tertiary/aromatic N) is 7. The van der Waals surface area contributed by atoms with E-state index in [2.05, 4.69) is 24.8 Å². The number of piperidine rings is 1. The van der Waals surface area contributed by atoms with Crippen LogP contribution >= 0.6 is 48.1 Å². The lowest BCUT2D eigenvalue weighted by Crippen LogP contribution is -2.36. The van der Waals surface area contributed by atoms with Crippen LogP contribution in [-0.4, -0.2) is 52.8 Å². The molecule has 5 heterocycles. The first-order valence-corrected chi connectivity index (χ1v) is 14.3. The van der Waals surface area contributed by atoms with Gasteiger partial charge in [-0.25, -0.2) is 23.9 Å². The number of rotatable bonds is 7. The SMILES string of the molecule is CC(=O)N1CCC(c2nsc(Nc3ncc(Sc4cc(C)nc5ccnn45)cc3Oc3ccc(F)cc3)n2)CC1.Cl.Cl. The molecule has 42 heavy (non-hydrogen) atoms. The molecule has 1 fully saturated rings. The van der Waals surface area contributed by atoms with E-state index in [1.165, 1.54) is 35.4 Å². The minimum absolute atomic E-state index is 0. The Labute approximate surface area is 262 Å². The van der Waals surface area contributed by atoms with E-state index in [1.54, 1.807) is 36.0 Å². The molecule has 1 saturated heterocycles. The molecule has 1 aromatic carbocycles. The fraction of sp³-hybridized carbons (Fsp3) is 0.259. The number of carbonyl (C=O) groups excluding carboxylic acids is 1. The Bertz CT molecular complexity index is 1680. The molecule has 1 amide bonds. The summed E-state index contributed by atoms with van der Waals surface area (Å²) in [6, 6.07) is 11.5. The lowest BCUT2D eigenvalue weighted by atomic mass is 9.96. The van der Waals surface area contributed by atoms with Gasteiger partial charge in [0.1, 0.15) is 22.4 Å². The van der Waals surface area contributed by atoms with Crippen molar-refractivity contribution in [2.24, 2.45) is 0 Å². The van der Waals surface area contributed by atoms with Crippen LogP contribution in [0.1, 0.15) is 37.2 Å². The van der Waals surface area contributed by atoms with Crippen molar-refractivity contribution in [2.75, 3.05) is 18.4 Å². The summed E-state index contributed by atoms with van der Waals surface area (Å²) in [5.41, 5.74) is 1.64. The Hall–Kier alpha value is -3.52. The molecule has 0 radical (unpaired) electrons. The maximum atomic E-state index is 13.5. The molecule has 1 aliphatic rings. The Morgan fingerprint density at radius 1 is 1.12 bits per heavy atom. The highest BCUT2D eigenvalue weighted by Gasteiger charge is 2.25. The first kappa shape index (κ1) is 31.4. The van der Waals surface area contributed by atoms with E-state index in [4.69, 9.17) is 9.72 Å². The lowest BCUT2D eigenvalue weighted by Gasteiger charge is -2.29. The monoisotopic (exact) mass is 648 g/mol. The number of amides is 1. The van der Waals surface area contributed by atoms with Crippen LogP contribution in [-0.2, 0) is 4.79 Å². The van der Waals surface area contributed by atoms with Crippen molar-refractivity contribution < 1.29 is 13.9 Å². The molecule has 0 atom stereocenters. The molecule has 0 aliphatic carbocycles. The zero-order chi connectivity index (χ0) is 27.6. The molecule has 1 N–H and O–H groups in total. The standard InChI is InChI=1S/C27H25FN8O2S2.2ClH/c1-16-13-24(36-23(31-16)7-10-30-36)39-21-14-22(38-20-5-3-19(28)4-6-20)26(29-15-21)33-27-32-25(34-40-27)18-8-11-35(12-9-18)17(2)37;;/h3-7,10,13-15,18H,8-9,11-12H2,1-2H3,(H,29,32,33,34);2*1H. The molecule has 15 heteroatoms. The lowest BCUT2D eigenvalue weighted by molar-refractivity contribution is -0.129. The summed E-state index contributed by atoms with van der Waals surface area (Å²) in [6.07, 6.45) is 5.12. The van der Waals surface area contributed by atoms with Crippen LogP contribution in [0.25, 0.3) is 5.65 Å². The van der Waals surface area contributed by atoms with Crippen molar-refractivity contribution in [3.05, 3.63) is 72.2 Å². The molecule has 0 saturated carbocycles. The van der Waals surface area contributed by atoms with Crippen LogP contribution < -0.4 is 10.1 Å². The van der Waals surface area contributed by atoms with Crippen molar-refractivity contribution in [3.8, 4) is 11.5 Å².